The van der Waals surface area contributed by atoms with Gasteiger partial charge in [0, 0.05) is 14.1 Å². The maximum absolute atomic E-state index is 13.8. The lowest BCUT2D eigenvalue weighted by atomic mass is 10.1. The van der Waals surface area contributed by atoms with Crippen molar-refractivity contribution in [3.8, 4) is 0 Å². The van der Waals surface area contributed by atoms with E-state index in [1.807, 2.05) is 0 Å². The van der Waals surface area contributed by atoms with Crippen molar-refractivity contribution in [2.75, 3.05) is 0 Å². The molecule has 0 radical (unpaired) electrons. The zero-order valence-corrected chi connectivity index (χ0v) is 17.6. The van der Waals surface area contributed by atoms with E-state index in [4.69, 9.17) is 0 Å². The van der Waals surface area contributed by atoms with Gasteiger partial charge < -0.3 is 0 Å². The van der Waals surface area contributed by atoms with Crippen molar-refractivity contribution in [1.29, 1.82) is 0 Å². The van der Waals surface area contributed by atoms with E-state index in [1.165, 1.54) is 6.07 Å². The van der Waals surface area contributed by atoms with Crippen LogP contribution in [-0.4, -0.2) is 4.98 Å². The second kappa shape index (κ2) is 9.00. The zero-order valence-electron chi connectivity index (χ0n) is 16.7. The molecule has 0 spiro atoms. The predicted octanol–water partition coefficient (Wildman–Crippen LogP) is 6.92. The Hall–Kier alpha value is -2.82. The number of hydrogen-bond donors (Lipinski definition) is 0. The number of alkyl halides is 12. The molecule has 0 amide bonds. The number of benzene rings is 2. The van der Waals surface area contributed by atoms with Crippen LogP contribution in [0.3, 0.4) is 0 Å². The Morgan fingerprint density at radius 1 is 0.514 bits per heavy atom. The van der Waals surface area contributed by atoms with Crippen molar-refractivity contribution in [1.82, 2.24) is 4.98 Å². The van der Waals surface area contributed by atoms with E-state index < -0.39 is 70.9 Å². The molecular formula is C21H10F12NP. The van der Waals surface area contributed by atoms with Gasteiger partial charge in [0.25, 0.3) is 0 Å². The SMILES string of the molecule is FC(F)(F)c1ccc(C(F)(F)F)c(P(c2ccccn2)c2cc(C(F)(F)F)ccc2C(F)(F)F)c1. The fourth-order valence-electron chi connectivity index (χ4n) is 3.13. The highest BCUT2D eigenvalue weighted by Gasteiger charge is 2.43. The van der Waals surface area contributed by atoms with Gasteiger partial charge in [-0.2, -0.15) is 52.7 Å². The Balaban J connectivity index is 2.50. The van der Waals surface area contributed by atoms with Crippen LogP contribution in [0.4, 0.5) is 52.7 Å². The van der Waals surface area contributed by atoms with Gasteiger partial charge in [-0.3, -0.25) is 4.98 Å². The topological polar surface area (TPSA) is 12.9 Å². The lowest BCUT2D eigenvalue weighted by Gasteiger charge is -2.26. The molecule has 0 atom stereocenters. The van der Waals surface area contributed by atoms with Gasteiger partial charge >= 0.3 is 24.7 Å². The summed E-state index contributed by atoms with van der Waals surface area (Å²) in [5, 5.41) is -2.54. The summed E-state index contributed by atoms with van der Waals surface area (Å²) in [5.74, 6) is 0. The van der Waals surface area contributed by atoms with Gasteiger partial charge in [0.2, 0.25) is 0 Å². The Kier molecular flexibility index (Phi) is 6.88. The van der Waals surface area contributed by atoms with E-state index in [0.29, 0.717) is 0 Å². The van der Waals surface area contributed by atoms with Crippen molar-refractivity contribution in [2.45, 2.75) is 24.7 Å². The first-order chi connectivity index (χ1) is 15.9. The number of nitrogens with zero attached hydrogens (tertiary/aromatic N) is 1. The molecule has 0 fully saturated rings. The molecule has 1 nitrogen and oxygen atoms in total. The molecular weight excluding hydrogens is 525 g/mol. The average Bonchev–Trinajstić information content (AvgIpc) is 2.72. The van der Waals surface area contributed by atoms with Crippen LogP contribution in [0.5, 0.6) is 0 Å². The highest BCUT2D eigenvalue weighted by Crippen LogP contribution is 2.45. The van der Waals surface area contributed by atoms with E-state index in [-0.39, 0.29) is 36.4 Å². The first-order valence-electron chi connectivity index (χ1n) is 9.19. The van der Waals surface area contributed by atoms with Crippen LogP contribution in [0.25, 0.3) is 0 Å². The van der Waals surface area contributed by atoms with Crippen LogP contribution in [0.1, 0.15) is 22.3 Å². The fraction of sp³-hybridized carbons (Fsp3) is 0.190. The van der Waals surface area contributed by atoms with Gasteiger partial charge in [-0.15, -0.1) is 0 Å². The van der Waals surface area contributed by atoms with Crippen molar-refractivity contribution in [3.05, 3.63) is 83.0 Å². The third-order valence-corrected chi connectivity index (χ3v) is 7.05. The smallest absolute Gasteiger partial charge is 0.256 e. The van der Waals surface area contributed by atoms with E-state index in [1.54, 1.807) is 0 Å². The first kappa shape index (κ1) is 26.8. The molecule has 14 heteroatoms. The van der Waals surface area contributed by atoms with Gasteiger partial charge in [-0.1, -0.05) is 6.07 Å². The molecule has 0 bridgehead atoms. The maximum Gasteiger partial charge on any atom is 0.417 e. The van der Waals surface area contributed by atoms with Crippen molar-refractivity contribution < 1.29 is 52.7 Å². The fourth-order valence-corrected chi connectivity index (χ4v) is 5.72. The third-order valence-electron chi connectivity index (χ3n) is 4.62. The summed E-state index contributed by atoms with van der Waals surface area (Å²) in [7, 11) is -3.29. The molecule has 35 heavy (non-hydrogen) atoms. The molecule has 0 N–H and O–H groups in total. The molecule has 0 aliphatic carbocycles. The molecule has 3 rings (SSSR count). The van der Waals surface area contributed by atoms with Crippen molar-refractivity contribution in [2.24, 2.45) is 0 Å². The predicted molar refractivity (Wildman–Crippen MR) is 103 cm³/mol. The van der Waals surface area contributed by atoms with Crippen molar-refractivity contribution >= 4 is 24.0 Å². The van der Waals surface area contributed by atoms with Gasteiger partial charge in [0.05, 0.1) is 27.7 Å². The quantitative estimate of drug-likeness (QED) is 0.262. The molecule has 0 saturated heterocycles. The Bertz CT molecular complexity index is 1120. The summed E-state index contributed by atoms with van der Waals surface area (Å²) in [6.45, 7) is 0. The van der Waals surface area contributed by atoms with Crippen LogP contribution in [0.2, 0.25) is 0 Å². The lowest BCUT2D eigenvalue weighted by molar-refractivity contribution is -0.140. The summed E-state index contributed by atoms with van der Waals surface area (Å²) in [4.78, 5) is 3.69. The van der Waals surface area contributed by atoms with Gasteiger partial charge in [-0.05, 0) is 59.1 Å². The monoisotopic (exact) mass is 535 g/mol. The average molecular weight is 535 g/mol. The van der Waals surface area contributed by atoms with Gasteiger partial charge in [0.1, 0.15) is 0 Å². The minimum atomic E-state index is -5.34. The van der Waals surface area contributed by atoms with Crippen LogP contribution >= 0.6 is 7.92 Å². The minimum Gasteiger partial charge on any atom is -0.256 e. The summed E-state index contributed by atoms with van der Waals surface area (Å²) < 4.78 is 163. The van der Waals surface area contributed by atoms with Crippen LogP contribution < -0.4 is 16.0 Å². The van der Waals surface area contributed by atoms with Crippen molar-refractivity contribution in [3.63, 3.8) is 0 Å². The van der Waals surface area contributed by atoms with E-state index in [9.17, 15) is 52.7 Å². The molecule has 0 aliphatic rings. The summed E-state index contributed by atoms with van der Waals surface area (Å²) in [5.41, 5.74) is -7.26. The molecule has 0 aliphatic heterocycles. The van der Waals surface area contributed by atoms with E-state index >= 15 is 0 Å². The summed E-state index contributed by atoms with van der Waals surface area (Å²) in [6.07, 6.45) is -20.1. The lowest BCUT2D eigenvalue weighted by Crippen LogP contribution is -2.33. The normalized spacial score (nSPS) is 13.4. The van der Waals surface area contributed by atoms with Gasteiger partial charge in [-0.25, -0.2) is 0 Å². The number of rotatable bonds is 3. The molecule has 3 aromatic rings. The van der Waals surface area contributed by atoms with Crippen LogP contribution in [0, 0.1) is 0 Å². The Morgan fingerprint density at radius 2 is 0.943 bits per heavy atom. The number of halogens is 12. The zero-order chi connectivity index (χ0) is 26.4. The molecule has 0 unspecified atom stereocenters. The molecule has 0 saturated carbocycles. The van der Waals surface area contributed by atoms with E-state index in [0.717, 1.165) is 18.3 Å². The molecule has 1 heterocycles. The molecule has 1 aromatic heterocycles. The Labute approximate surface area is 190 Å². The summed E-state index contributed by atoms with van der Waals surface area (Å²) >= 11 is 0. The van der Waals surface area contributed by atoms with Gasteiger partial charge in [0.15, 0.2) is 0 Å². The standard InChI is InChI=1S/C21H10F12NP/c22-18(23,24)11-4-6-13(20(28,29)30)15(9-11)35(17-3-1-2-8-34-17)16-10-12(19(25,26)27)5-7-14(16)21(31,32)33/h1-10H. The highest BCUT2D eigenvalue weighted by atomic mass is 31.1. The third kappa shape index (κ3) is 5.88. The second-order valence-corrected chi connectivity index (χ2v) is 9.07. The Morgan fingerprint density at radius 3 is 1.26 bits per heavy atom. The maximum atomic E-state index is 13.8. The second-order valence-electron chi connectivity index (χ2n) is 6.98. The summed E-state index contributed by atoms with van der Waals surface area (Å²) in [6, 6.07) is 3.57. The molecule has 2 aromatic carbocycles. The number of aromatic nitrogens is 1. The highest BCUT2D eigenvalue weighted by molar-refractivity contribution is 7.79. The molecule has 188 valence electrons. The minimum absolute atomic E-state index is 0.00359. The van der Waals surface area contributed by atoms with Crippen LogP contribution in [0.15, 0.2) is 60.8 Å². The first-order valence-corrected chi connectivity index (χ1v) is 10.5. The number of pyridine rings is 1. The largest absolute Gasteiger partial charge is 0.417 e. The van der Waals surface area contributed by atoms with Crippen LogP contribution in [-0.2, 0) is 24.7 Å². The van der Waals surface area contributed by atoms with E-state index in [2.05, 4.69) is 4.98 Å². The number of hydrogen-bond acceptors (Lipinski definition) is 1.